The third kappa shape index (κ3) is 4.73. The Bertz CT molecular complexity index is 1270. The summed E-state index contributed by atoms with van der Waals surface area (Å²) >= 11 is 0. The van der Waals surface area contributed by atoms with E-state index in [0.717, 1.165) is 40.3 Å². The highest BCUT2D eigenvalue weighted by atomic mass is 32.2. The lowest BCUT2D eigenvalue weighted by molar-refractivity contribution is 0.581. The summed E-state index contributed by atoms with van der Waals surface area (Å²) < 4.78 is 27.7. The fourth-order valence-electron chi connectivity index (χ4n) is 3.57. The average molecular weight is 447 g/mol. The number of rotatable bonds is 8. The number of hydrogen-bond donors (Lipinski definition) is 2. The minimum absolute atomic E-state index is 0.438. The van der Waals surface area contributed by atoms with Crippen LogP contribution in [0.3, 0.4) is 0 Å². The van der Waals surface area contributed by atoms with Crippen molar-refractivity contribution in [2.24, 2.45) is 0 Å². The molecule has 32 heavy (non-hydrogen) atoms. The van der Waals surface area contributed by atoms with Crippen LogP contribution in [-0.2, 0) is 10.0 Å². The predicted octanol–water partition coefficient (Wildman–Crippen LogP) is 5.74. The molecule has 0 spiro atoms. The number of anilines is 1. The van der Waals surface area contributed by atoms with Crippen LogP contribution >= 0.6 is 0 Å². The molecule has 0 fully saturated rings. The molecule has 0 aliphatic carbocycles. The van der Waals surface area contributed by atoms with E-state index in [0.29, 0.717) is 12.1 Å². The van der Waals surface area contributed by atoms with Gasteiger partial charge in [0, 0.05) is 34.8 Å². The number of hydrogen-bond acceptors (Lipinski definition) is 4. The zero-order chi connectivity index (χ0) is 22.6. The lowest BCUT2D eigenvalue weighted by atomic mass is 10.1. The van der Waals surface area contributed by atoms with Gasteiger partial charge in [0.1, 0.15) is 5.82 Å². The van der Waals surface area contributed by atoms with Crippen molar-refractivity contribution in [1.29, 1.82) is 0 Å². The van der Waals surface area contributed by atoms with Crippen molar-refractivity contribution in [3.63, 3.8) is 0 Å². The molecular formula is C25H26N4O2S. The molecular weight excluding hydrogens is 420 g/mol. The quantitative estimate of drug-likeness (QED) is 0.361. The normalized spacial score (nSPS) is 12.4. The van der Waals surface area contributed by atoms with Crippen molar-refractivity contribution >= 4 is 15.7 Å². The van der Waals surface area contributed by atoms with E-state index in [9.17, 15) is 8.42 Å². The maximum atomic E-state index is 12.5. The van der Waals surface area contributed by atoms with E-state index in [1.807, 2.05) is 61.5 Å². The van der Waals surface area contributed by atoms with Gasteiger partial charge in [0.15, 0.2) is 0 Å². The summed E-state index contributed by atoms with van der Waals surface area (Å²) in [5, 5.41) is -0.438. The summed E-state index contributed by atoms with van der Waals surface area (Å²) in [6.45, 7) is 3.71. The molecule has 7 heteroatoms. The first kappa shape index (κ1) is 21.8. The summed E-state index contributed by atoms with van der Waals surface area (Å²) in [5.41, 5.74) is 5.08. The van der Waals surface area contributed by atoms with Crippen LogP contribution in [0.25, 0.3) is 33.9 Å². The fourth-order valence-corrected chi connectivity index (χ4v) is 4.78. The predicted molar refractivity (Wildman–Crippen MR) is 130 cm³/mol. The van der Waals surface area contributed by atoms with Crippen LogP contribution in [0.4, 0.5) is 5.69 Å². The van der Waals surface area contributed by atoms with Gasteiger partial charge in [0.05, 0.1) is 16.6 Å². The molecule has 0 saturated carbocycles. The zero-order valence-electron chi connectivity index (χ0n) is 18.1. The molecule has 4 rings (SSSR count). The third-order valence-electron chi connectivity index (χ3n) is 5.36. The Balaban J connectivity index is 1.69. The number of sulfonamides is 1. The molecule has 0 aliphatic rings. The zero-order valence-corrected chi connectivity index (χ0v) is 18.9. The summed E-state index contributed by atoms with van der Waals surface area (Å²) in [7, 11) is -3.41. The highest BCUT2D eigenvalue weighted by molar-refractivity contribution is 7.93. The Morgan fingerprint density at radius 3 is 2.25 bits per heavy atom. The van der Waals surface area contributed by atoms with Crippen LogP contribution < -0.4 is 4.72 Å². The number of nitrogens with one attached hydrogen (secondary N) is 2. The number of nitrogens with zero attached hydrogens (tertiary/aromatic N) is 2. The maximum Gasteiger partial charge on any atom is 0.235 e. The number of benzene rings is 2. The van der Waals surface area contributed by atoms with E-state index >= 15 is 0 Å². The topological polar surface area (TPSA) is 87.7 Å². The van der Waals surface area contributed by atoms with Gasteiger partial charge in [-0.2, -0.15) is 0 Å². The summed E-state index contributed by atoms with van der Waals surface area (Å²) in [4.78, 5) is 12.4. The number of aromatic nitrogens is 3. The molecule has 164 valence electrons. The van der Waals surface area contributed by atoms with Crippen molar-refractivity contribution in [2.45, 2.75) is 31.9 Å². The van der Waals surface area contributed by atoms with E-state index < -0.39 is 15.3 Å². The lowest BCUT2D eigenvalue weighted by Crippen LogP contribution is -2.25. The smallest absolute Gasteiger partial charge is 0.235 e. The van der Waals surface area contributed by atoms with Gasteiger partial charge in [0.2, 0.25) is 10.0 Å². The SMILES string of the molecule is CCCC(C)S(=O)(=O)Nc1ccc(-c2[nH]c(-c3ccccc3)nc2-c2ccncc2)cc1. The highest BCUT2D eigenvalue weighted by Gasteiger charge is 2.20. The maximum absolute atomic E-state index is 12.5. The molecule has 0 bridgehead atoms. The molecule has 1 atom stereocenters. The van der Waals surface area contributed by atoms with Gasteiger partial charge in [-0.3, -0.25) is 9.71 Å². The Morgan fingerprint density at radius 1 is 0.906 bits per heavy atom. The Labute approximate surface area is 188 Å². The molecule has 4 aromatic rings. The van der Waals surface area contributed by atoms with E-state index in [4.69, 9.17) is 4.98 Å². The van der Waals surface area contributed by atoms with Gasteiger partial charge in [-0.15, -0.1) is 0 Å². The first-order valence-electron chi connectivity index (χ1n) is 10.7. The van der Waals surface area contributed by atoms with Gasteiger partial charge in [-0.05, 0) is 37.6 Å². The third-order valence-corrected chi connectivity index (χ3v) is 7.18. The van der Waals surface area contributed by atoms with E-state index in [-0.39, 0.29) is 0 Å². The largest absolute Gasteiger partial charge is 0.337 e. The van der Waals surface area contributed by atoms with Gasteiger partial charge < -0.3 is 4.98 Å². The monoisotopic (exact) mass is 446 g/mol. The fraction of sp³-hybridized carbons (Fsp3) is 0.200. The average Bonchev–Trinajstić information content (AvgIpc) is 3.26. The Hall–Kier alpha value is -3.45. The van der Waals surface area contributed by atoms with Crippen LogP contribution in [0.15, 0.2) is 79.1 Å². The van der Waals surface area contributed by atoms with E-state index in [1.54, 1.807) is 31.5 Å². The first-order valence-corrected chi connectivity index (χ1v) is 12.2. The summed E-state index contributed by atoms with van der Waals surface area (Å²) in [6.07, 6.45) is 4.93. The molecule has 2 aromatic heterocycles. The molecule has 2 N–H and O–H groups in total. The van der Waals surface area contributed by atoms with Crippen molar-refractivity contribution in [3.8, 4) is 33.9 Å². The Morgan fingerprint density at radius 2 is 1.59 bits per heavy atom. The van der Waals surface area contributed by atoms with Crippen LogP contribution in [0.2, 0.25) is 0 Å². The van der Waals surface area contributed by atoms with E-state index in [2.05, 4.69) is 14.7 Å². The van der Waals surface area contributed by atoms with Crippen LogP contribution in [-0.4, -0.2) is 28.6 Å². The van der Waals surface area contributed by atoms with Crippen molar-refractivity contribution in [3.05, 3.63) is 79.1 Å². The van der Waals surface area contributed by atoms with Crippen LogP contribution in [0, 0.1) is 0 Å². The molecule has 2 heterocycles. The van der Waals surface area contributed by atoms with Gasteiger partial charge in [-0.1, -0.05) is 55.8 Å². The molecule has 0 saturated heterocycles. The van der Waals surface area contributed by atoms with Crippen LogP contribution in [0.1, 0.15) is 26.7 Å². The van der Waals surface area contributed by atoms with Gasteiger partial charge >= 0.3 is 0 Å². The van der Waals surface area contributed by atoms with Crippen molar-refractivity contribution in [1.82, 2.24) is 15.0 Å². The molecule has 2 aromatic carbocycles. The van der Waals surface area contributed by atoms with Gasteiger partial charge in [-0.25, -0.2) is 13.4 Å². The number of imidazole rings is 1. The van der Waals surface area contributed by atoms with Gasteiger partial charge in [0.25, 0.3) is 0 Å². The summed E-state index contributed by atoms with van der Waals surface area (Å²) in [5.74, 6) is 0.769. The minimum Gasteiger partial charge on any atom is -0.337 e. The van der Waals surface area contributed by atoms with Crippen LogP contribution in [0.5, 0.6) is 0 Å². The molecule has 6 nitrogen and oxygen atoms in total. The summed E-state index contributed by atoms with van der Waals surface area (Å²) in [6, 6.07) is 21.1. The van der Waals surface area contributed by atoms with E-state index in [1.165, 1.54) is 0 Å². The second kappa shape index (κ2) is 9.36. The standard InChI is InChI=1S/C25H26N4O2S/c1-3-7-18(2)32(30,31)29-22-12-10-19(11-13-22)23-24(20-14-16-26-17-15-20)28-25(27-23)21-8-5-4-6-9-21/h4-6,8-18,29H,3,7H2,1-2H3,(H,27,28). The minimum atomic E-state index is -3.41. The number of H-pyrrole nitrogens is 1. The highest BCUT2D eigenvalue weighted by Crippen LogP contribution is 2.33. The molecule has 0 aliphatic heterocycles. The van der Waals surface area contributed by atoms with Crippen molar-refractivity contribution in [2.75, 3.05) is 4.72 Å². The molecule has 0 amide bonds. The lowest BCUT2D eigenvalue weighted by Gasteiger charge is -2.14. The Kier molecular flexibility index (Phi) is 6.37. The number of aromatic amines is 1. The molecule has 1 unspecified atom stereocenters. The second-order valence-electron chi connectivity index (χ2n) is 7.73. The number of pyridine rings is 1. The second-order valence-corrected chi connectivity index (χ2v) is 9.83. The van der Waals surface area contributed by atoms with Crippen molar-refractivity contribution < 1.29 is 8.42 Å². The molecule has 0 radical (unpaired) electrons. The first-order chi connectivity index (χ1) is 15.5.